The van der Waals surface area contributed by atoms with Crippen molar-refractivity contribution in [3.8, 4) is 0 Å². The van der Waals surface area contributed by atoms with E-state index in [4.69, 9.17) is 4.99 Å². The van der Waals surface area contributed by atoms with Crippen LogP contribution in [0.3, 0.4) is 0 Å². The van der Waals surface area contributed by atoms with E-state index in [-0.39, 0.29) is 0 Å². The molecule has 0 spiro atoms. The summed E-state index contributed by atoms with van der Waals surface area (Å²) in [5, 5.41) is 0. The lowest BCUT2D eigenvalue weighted by Gasteiger charge is -2.23. The van der Waals surface area contributed by atoms with Gasteiger partial charge in [0.2, 0.25) is 0 Å². The van der Waals surface area contributed by atoms with Crippen LogP contribution in [0.15, 0.2) is 4.99 Å². The van der Waals surface area contributed by atoms with Crippen molar-refractivity contribution in [1.29, 1.82) is 0 Å². The molecular formula is C25H33N. The van der Waals surface area contributed by atoms with E-state index in [2.05, 4.69) is 69.2 Å². The molecular weight excluding hydrogens is 314 g/mol. The maximum Gasteiger partial charge on any atom is 0.0703 e. The van der Waals surface area contributed by atoms with E-state index < -0.39 is 0 Å². The lowest BCUT2D eigenvalue weighted by molar-refractivity contribution is 0.839. The van der Waals surface area contributed by atoms with Crippen LogP contribution in [0.4, 0.5) is 5.69 Å². The quantitative estimate of drug-likeness (QED) is 0.557. The molecule has 0 aliphatic carbocycles. The number of rotatable bonds is 2. The number of benzene rings is 2. The van der Waals surface area contributed by atoms with Gasteiger partial charge in [-0.1, -0.05) is 13.8 Å². The average Bonchev–Trinajstić information content (AvgIpc) is 3.01. The van der Waals surface area contributed by atoms with Gasteiger partial charge in [-0.25, -0.2) is 0 Å². The Balaban J connectivity index is 2.25. The van der Waals surface area contributed by atoms with Crippen LogP contribution in [-0.4, -0.2) is 5.71 Å². The molecule has 1 heteroatoms. The van der Waals surface area contributed by atoms with Crippen molar-refractivity contribution < 1.29 is 0 Å². The lowest BCUT2D eigenvalue weighted by Crippen LogP contribution is -2.12. The topological polar surface area (TPSA) is 12.4 Å². The minimum Gasteiger partial charge on any atom is -0.252 e. The largest absolute Gasteiger partial charge is 0.252 e. The first-order valence-electron chi connectivity index (χ1n) is 9.85. The third-order valence-corrected chi connectivity index (χ3v) is 6.92. The second-order valence-electron chi connectivity index (χ2n) is 8.51. The highest BCUT2D eigenvalue weighted by molar-refractivity contribution is 6.09. The van der Waals surface area contributed by atoms with E-state index in [1.165, 1.54) is 72.6 Å². The number of nitrogens with zero attached hydrogens (tertiary/aromatic N) is 1. The van der Waals surface area contributed by atoms with Gasteiger partial charge >= 0.3 is 0 Å². The van der Waals surface area contributed by atoms with E-state index in [0.717, 1.165) is 6.42 Å². The zero-order chi connectivity index (χ0) is 19.5. The smallest absolute Gasteiger partial charge is 0.0703 e. The zero-order valence-electron chi connectivity index (χ0n) is 18.2. The Kier molecular flexibility index (Phi) is 4.63. The predicted octanol–water partition coefficient (Wildman–Crippen LogP) is 6.95. The van der Waals surface area contributed by atoms with Gasteiger partial charge in [0.1, 0.15) is 0 Å². The van der Waals surface area contributed by atoms with Crippen molar-refractivity contribution in [1.82, 2.24) is 0 Å². The van der Waals surface area contributed by atoms with Gasteiger partial charge in [-0.3, -0.25) is 4.99 Å². The summed E-state index contributed by atoms with van der Waals surface area (Å²) < 4.78 is 0. The highest BCUT2D eigenvalue weighted by Crippen LogP contribution is 2.40. The van der Waals surface area contributed by atoms with E-state index in [0.29, 0.717) is 5.92 Å². The lowest BCUT2D eigenvalue weighted by atomic mass is 9.82. The summed E-state index contributed by atoms with van der Waals surface area (Å²) in [5.41, 5.74) is 18.1. The van der Waals surface area contributed by atoms with Gasteiger partial charge in [0, 0.05) is 12.0 Å². The van der Waals surface area contributed by atoms with Gasteiger partial charge in [-0.05, 0) is 117 Å². The van der Waals surface area contributed by atoms with Gasteiger partial charge in [0.05, 0.1) is 11.4 Å². The minimum atomic E-state index is 0.555. The SMILES string of the molecule is Cc1c(C)c(C)c2c(c1C)CC(c1c(C)c(C)c(C(C)C)c(C)c1C)=N2. The molecule has 0 radical (unpaired) electrons. The first-order chi connectivity index (χ1) is 12.1. The standard InChI is InChI=1S/C25H33N/c1-12(2)23-16(6)18(8)24(19(9)17(23)7)22-11-21-15(5)13(3)14(4)20(10)25(21)26-22/h12H,11H2,1-10H3. The van der Waals surface area contributed by atoms with Crippen LogP contribution in [0.1, 0.15) is 81.0 Å². The van der Waals surface area contributed by atoms with Crippen LogP contribution >= 0.6 is 0 Å². The first kappa shape index (κ1) is 18.9. The van der Waals surface area contributed by atoms with Gasteiger partial charge in [-0.15, -0.1) is 0 Å². The third kappa shape index (κ3) is 2.55. The summed E-state index contributed by atoms with van der Waals surface area (Å²) >= 11 is 0. The Labute approximate surface area is 159 Å². The summed E-state index contributed by atoms with van der Waals surface area (Å²) in [6.45, 7) is 22.7. The van der Waals surface area contributed by atoms with Crippen LogP contribution in [0.25, 0.3) is 0 Å². The molecule has 1 heterocycles. The fourth-order valence-electron chi connectivity index (χ4n) is 4.86. The Morgan fingerprint density at radius 2 is 1.12 bits per heavy atom. The number of fused-ring (bicyclic) bond motifs is 1. The Bertz CT molecular complexity index is 926. The molecule has 1 aliphatic heterocycles. The molecule has 26 heavy (non-hydrogen) atoms. The maximum absolute atomic E-state index is 5.18. The molecule has 138 valence electrons. The molecule has 0 N–H and O–H groups in total. The van der Waals surface area contributed by atoms with E-state index in [1.807, 2.05) is 0 Å². The number of hydrogen-bond acceptors (Lipinski definition) is 1. The molecule has 2 aromatic rings. The highest BCUT2D eigenvalue weighted by atomic mass is 14.8. The third-order valence-electron chi connectivity index (χ3n) is 6.92. The number of hydrogen-bond donors (Lipinski definition) is 0. The van der Waals surface area contributed by atoms with Crippen LogP contribution in [0, 0.1) is 55.4 Å². The summed E-state index contributed by atoms with van der Waals surface area (Å²) in [5.74, 6) is 0.555. The summed E-state index contributed by atoms with van der Waals surface area (Å²) in [6, 6.07) is 0. The molecule has 0 fully saturated rings. The van der Waals surface area contributed by atoms with Crippen molar-refractivity contribution in [3.63, 3.8) is 0 Å². The molecule has 0 atom stereocenters. The first-order valence-corrected chi connectivity index (χ1v) is 9.85. The van der Waals surface area contributed by atoms with Gasteiger partial charge in [0.15, 0.2) is 0 Å². The van der Waals surface area contributed by atoms with E-state index in [1.54, 1.807) is 0 Å². The molecule has 0 saturated heterocycles. The normalized spacial score (nSPS) is 13.4. The second kappa shape index (κ2) is 6.37. The summed E-state index contributed by atoms with van der Waals surface area (Å²) in [7, 11) is 0. The van der Waals surface area contributed by atoms with Crippen LogP contribution < -0.4 is 0 Å². The highest BCUT2D eigenvalue weighted by Gasteiger charge is 2.26. The van der Waals surface area contributed by atoms with Crippen molar-refractivity contribution in [3.05, 3.63) is 61.2 Å². The van der Waals surface area contributed by atoms with Gasteiger partial charge in [0.25, 0.3) is 0 Å². The van der Waals surface area contributed by atoms with Crippen LogP contribution in [0.2, 0.25) is 0 Å². The minimum absolute atomic E-state index is 0.555. The molecule has 0 unspecified atom stereocenters. The van der Waals surface area contributed by atoms with Crippen molar-refractivity contribution in [2.75, 3.05) is 0 Å². The van der Waals surface area contributed by atoms with Gasteiger partial charge in [-0.2, -0.15) is 0 Å². The van der Waals surface area contributed by atoms with Crippen molar-refractivity contribution in [2.24, 2.45) is 4.99 Å². The molecule has 1 aliphatic rings. The molecule has 2 aromatic carbocycles. The fraction of sp³-hybridized carbons (Fsp3) is 0.480. The Morgan fingerprint density at radius 1 is 0.615 bits per heavy atom. The van der Waals surface area contributed by atoms with Crippen molar-refractivity contribution >= 4 is 11.4 Å². The number of aliphatic imine (C=N–C) groups is 1. The zero-order valence-corrected chi connectivity index (χ0v) is 18.2. The van der Waals surface area contributed by atoms with E-state index in [9.17, 15) is 0 Å². The molecule has 0 bridgehead atoms. The Hall–Kier alpha value is -1.89. The Morgan fingerprint density at radius 3 is 1.62 bits per heavy atom. The van der Waals surface area contributed by atoms with Crippen molar-refractivity contribution in [2.45, 2.75) is 81.6 Å². The van der Waals surface area contributed by atoms with Crippen LogP contribution in [-0.2, 0) is 6.42 Å². The fourth-order valence-corrected chi connectivity index (χ4v) is 4.86. The van der Waals surface area contributed by atoms with Gasteiger partial charge < -0.3 is 0 Å². The molecule has 3 rings (SSSR count). The second-order valence-corrected chi connectivity index (χ2v) is 8.51. The molecule has 1 nitrogen and oxygen atoms in total. The molecule has 0 saturated carbocycles. The summed E-state index contributed by atoms with van der Waals surface area (Å²) in [4.78, 5) is 5.18. The predicted molar refractivity (Wildman–Crippen MR) is 115 cm³/mol. The van der Waals surface area contributed by atoms with E-state index >= 15 is 0 Å². The summed E-state index contributed by atoms with van der Waals surface area (Å²) in [6.07, 6.45) is 0.963. The molecule has 0 amide bonds. The molecule has 0 aromatic heterocycles. The monoisotopic (exact) mass is 347 g/mol. The maximum atomic E-state index is 5.18. The van der Waals surface area contributed by atoms with Crippen LogP contribution in [0.5, 0.6) is 0 Å². The average molecular weight is 348 g/mol.